The van der Waals surface area contributed by atoms with E-state index in [9.17, 15) is 0 Å². The van der Waals surface area contributed by atoms with Crippen molar-refractivity contribution in [2.75, 3.05) is 19.6 Å². The molecule has 0 aromatic rings. The number of rotatable bonds is 5. The summed E-state index contributed by atoms with van der Waals surface area (Å²) in [4.78, 5) is 2.79. The first kappa shape index (κ1) is 16.3. The highest BCUT2D eigenvalue weighted by molar-refractivity contribution is 4.98. The molecular weight excluding hydrogens is 244 g/mol. The van der Waals surface area contributed by atoms with Crippen LogP contribution < -0.4 is 5.73 Å². The zero-order valence-electron chi connectivity index (χ0n) is 14.0. The van der Waals surface area contributed by atoms with Gasteiger partial charge in [-0.3, -0.25) is 4.90 Å². The molecule has 1 heterocycles. The number of hydrogen-bond acceptors (Lipinski definition) is 2. The minimum atomic E-state index is 0.338. The molecule has 0 amide bonds. The Kier molecular flexibility index (Phi) is 5.92. The van der Waals surface area contributed by atoms with Crippen molar-refractivity contribution in [1.29, 1.82) is 0 Å². The maximum absolute atomic E-state index is 6.28. The quantitative estimate of drug-likeness (QED) is 0.823. The summed E-state index contributed by atoms with van der Waals surface area (Å²) in [6.07, 6.45) is 11.1. The third-order valence-corrected chi connectivity index (χ3v) is 6.16. The fourth-order valence-electron chi connectivity index (χ4n) is 4.66. The van der Waals surface area contributed by atoms with Crippen molar-refractivity contribution in [2.24, 2.45) is 23.5 Å². The zero-order valence-corrected chi connectivity index (χ0v) is 14.0. The van der Waals surface area contributed by atoms with Crippen molar-refractivity contribution >= 4 is 0 Å². The number of piperidine rings is 1. The normalized spacial score (nSPS) is 33.8. The highest BCUT2D eigenvalue weighted by Gasteiger charge is 2.41. The van der Waals surface area contributed by atoms with E-state index in [1.54, 1.807) is 0 Å². The van der Waals surface area contributed by atoms with Gasteiger partial charge in [0.25, 0.3) is 0 Å². The van der Waals surface area contributed by atoms with E-state index in [-0.39, 0.29) is 0 Å². The predicted molar refractivity (Wildman–Crippen MR) is 87.8 cm³/mol. The van der Waals surface area contributed by atoms with Crippen LogP contribution in [-0.2, 0) is 0 Å². The van der Waals surface area contributed by atoms with Crippen LogP contribution in [0.1, 0.15) is 72.1 Å². The lowest BCUT2D eigenvalue weighted by Crippen LogP contribution is -2.58. The lowest BCUT2D eigenvalue weighted by Gasteiger charge is -2.51. The Hall–Kier alpha value is -0.0800. The molecule has 1 aliphatic heterocycles. The first-order valence-electron chi connectivity index (χ1n) is 9.06. The van der Waals surface area contributed by atoms with Gasteiger partial charge in [0.05, 0.1) is 0 Å². The van der Waals surface area contributed by atoms with E-state index < -0.39 is 0 Å². The van der Waals surface area contributed by atoms with E-state index in [1.165, 1.54) is 64.5 Å². The van der Waals surface area contributed by atoms with Gasteiger partial charge in [0, 0.05) is 12.1 Å². The number of likely N-dealkylation sites (tertiary alicyclic amines) is 1. The molecule has 0 aromatic carbocycles. The summed E-state index contributed by atoms with van der Waals surface area (Å²) in [5, 5.41) is 0. The van der Waals surface area contributed by atoms with Crippen LogP contribution in [0.5, 0.6) is 0 Å². The summed E-state index contributed by atoms with van der Waals surface area (Å²) >= 11 is 0. The van der Waals surface area contributed by atoms with Crippen molar-refractivity contribution < 1.29 is 0 Å². The van der Waals surface area contributed by atoms with Gasteiger partial charge in [-0.2, -0.15) is 0 Å². The highest BCUT2D eigenvalue weighted by atomic mass is 15.2. The van der Waals surface area contributed by atoms with Crippen LogP contribution in [0.4, 0.5) is 0 Å². The fourth-order valence-corrected chi connectivity index (χ4v) is 4.66. The molecule has 2 nitrogen and oxygen atoms in total. The lowest BCUT2D eigenvalue weighted by molar-refractivity contribution is 0.00145. The van der Waals surface area contributed by atoms with Gasteiger partial charge >= 0.3 is 0 Å². The average Bonchev–Trinajstić information content (AvgIpc) is 2.48. The molecule has 1 saturated heterocycles. The van der Waals surface area contributed by atoms with Crippen molar-refractivity contribution in [3.05, 3.63) is 0 Å². The van der Waals surface area contributed by atoms with E-state index >= 15 is 0 Å². The second-order valence-electron chi connectivity index (χ2n) is 7.75. The molecule has 0 radical (unpaired) electrons. The molecule has 1 aliphatic carbocycles. The van der Waals surface area contributed by atoms with Gasteiger partial charge in [-0.05, 0) is 56.5 Å². The Morgan fingerprint density at radius 1 is 1.20 bits per heavy atom. The van der Waals surface area contributed by atoms with Crippen molar-refractivity contribution in [3.8, 4) is 0 Å². The van der Waals surface area contributed by atoms with Crippen molar-refractivity contribution in [3.63, 3.8) is 0 Å². The van der Waals surface area contributed by atoms with Gasteiger partial charge in [-0.15, -0.1) is 0 Å². The summed E-state index contributed by atoms with van der Waals surface area (Å²) < 4.78 is 0. The number of hydrogen-bond donors (Lipinski definition) is 1. The van der Waals surface area contributed by atoms with Crippen LogP contribution in [0.15, 0.2) is 0 Å². The number of nitrogens with two attached hydrogens (primary N) is 1. The Morgan fingerprint density at radius 2 is 1.90 bits per heavy atom. The molecule has 1 saturated carbocycles. The Morgan fingerprint density at radius 3 is 2.45 bits per heavy atom. The van der Waals surface area contributed by atoms with E-state index in [0.717, 1.165) is 24.3 Å². The van der Waals surface area contributed by atoms with Crippen LogP contribution in [0, 0.1) is 17.8 Å². The van der Waals surface area contributed by atoms with Gasteiger partial charge in [0.1, 0.15) is 0 Å². The van der Waals surface area contributed by atoms with Gasteiger partial charge in [0.2, 0.25) is 0 Å². The Bertz CT molecular complexity index is 281. The van der Waals surface area contributed by atoms with Crippen LogP contribution in [0.3, 0.4) is 0 Å². The molecule has 20 heavy (non-hydrogen) atoms. The Balaban J connectivity index is 1.97. The average molecular weight is 280 g/mol. The van der Waals surface area contributed by atoms with Crippen molar-refractivity contribution in [1.82, 2.24) is 4.90 Å². The molecule has 0 spiro atoms. The third kappa shape index (κ3) is 3.57. The molecular formula is C18H36N2. The smallest absolute Gasteiger partial charge is 0.0334 e. The largest absolute Gasteiger partial charge is 0.329 e. The van der Waals surface area contributed by atoms with Crippen LogP contribution in [-0.4, -0.2) is 30.1 Å². The molecule has 2 rings (SSSR count). The Labute approximate surface area is 126 Å². The summed E-state index contributed by atoms with van der Waals surface area (Å²) in [5.74, 6) is 2.69. The standard InChI is InChI=1S/C18H36N2/c1-4-6-16-8-11-20(12-9-16)18(14-19)10-5-7-17(13-18)15(2)3/h15-17H,4-14,19H2,1-3H3. The van der Waals surface area contributed by atoms with Crippen molar-refractivity contribution in [2.45, 2.75) is 77.7 Å². The zero-order chi connectivity index (χ0) is 14.6. The summed E-state index contributed by atoms with van der Waals surface area (Å²) in [5.41, 5.74) is 6.62. The van der Waals surface area contributed by atoms with Crippen LogP contribution in [0.2, 0.25) is 0 Å². The third-order valence-electron chi connectivity index (χ3n) is 6.16. The van der Waals surface area contributed by atoms with Gasteiger partial charge in [-0.25, -0.2) is 0 Å². The maximum Gasteiger partial charge on any atom is 0.0334 e. The molecule has 2 fully saturated rings. The lowest BCUT2D eigenvalue weighted by atomic mass is 9.70. The van der Waals surface area contributed by atoms with E-state index in [2.05, 4.69) is 25.7 Å². The summed E-state index contributed by atoms with van der Waals surface area (Å²) in [7, 11) is 0. The summed E-state index contributed by atoms with van der Waals surface area (Å²) in [6.45, 7) is 10.6. The first-order chi connectivity index (χ1) is 9.61. The molecule has 2 heteroatoms. The van der Waals surface area contributed by atoms with Crippen LogP contribution >= 0.6 is 0 Å². The molecule has 2 N–H and O–H groups in total. The topological polar surface area (TPSA) is 29.3 Å². The minimum absolute atomic E-state index is 0.338. The first-order valence-corrected chi connectivity index (χ1v) is 9.06. The SMILES string of the molecule is CCCC1CCN(C2(CN)CCCC(C(C)C)C2)CC1. The molecule has 0 bridgehead atoms. The molecule has 2 aliphatic rings. The molecule has 2 atom stereocenters. The summed E-state index contributed by atoms with van der Waals surface area (Å²) in [6, 6.07) is 0. The maximum atomic E-state index is 6.28. The highest BCUT2D eigenvalue weighted by Crippen LogP contribution is 2.41. The fraction of sp³-hybridized carbons (Fsp3) is 1.00. The van der Waals surface area contributed by atoms with Crippen LogP contribution in [0.25, 0.3) is 0 Å². The molecule has 118 valence electrons. The molecule has 0 aromatic heterocycles. The van der Waals surface area contributed by atoms with E-state index in [0.29, 0.717) is 5.54 Å². The van der Waals surface area contributed by atoms with E-state index in [4.69, 9.17) is 5.73 Å². The molecule has 2 unspecified atom stereocenters. The second-order valence-corrected chi connectivity index (χ2v) is 7.75. The van der Waals surface area contributed by atoms with E-state index in [1.807, 2.05) is 0 Å². The second kappa shape index (κ2) is 7.26. The predicted octanol–water partition coefficient (Wildman–Crippen LogP) is 4.04. The number of nitrogens with zero attached hydrogens (tertiary/aromatic N) is 1. The van der Waals surface area contributed by atoms with Gasteiger partial charge in [0.15, 0.2) is 0 Å². The minimum Gasteiger partial charge on any atom is -0.329 e. The monoisotopic (exact) mass is 280 g/mol. The van der Waals surface area contributed by atoms with Gasteiger partial charge < -0.3 is 5.73 Å². The van der Waals surface area contributed by atoms with Gasteiger partial charge in [-0.1, -0.05) is 46.5 Å².